The molecule has 0 saturated heterocycles. The zero-order valence-corrected chi connectivity index (χ0v) is 12.5. The van der Waals surface area contributed by atoms with Crippen molar-refractivity contribution >= 4 is 17.7 Å². The van der Waals surface area contributed by atoms with Crippen molar-refractivity contribution < 1.29 is 19.7 Å². The third-order valence-corrected chi connectivity index (χ3v) is 2.74. The van der Waals surface area contributed by atoms with Gasteiger partial charge in [0, 0.05) is 5.02 Å². The maximum absolute atomic E-state index is 11.6. The molecular weight excluding hydrogens is 282 g/mol. The molecule has 0 bridgehead atoms. The zero-order chi connectivity index (χ0) is 15.3. The summed E-state index contributed by atoms with van der Waals surface area (Å²) in [5.41, 5.74) is -0.0977. The third-order valence-electron chi connectivity index (χ3n) is 2.49. The SMILES string of the molecule is CC(C)(C)OC(=O)N[C@H](CO)[C@H](O)c1ccc(Cl)cc1. The predicted molar refractivity (Wildman–Crippen MR) is 76.7 cm³/mol. The van der Waals surface area contributed by atoms with E-state index in [0.717, 1.165) is 0 Å². The van der Waals surface area contributed by atoms with Gasteiger partial charge in [-0.25, -0.2) is 4.79 Å². The van der Waals surface area contributed by atoms with Crippen molar-refractivity contribution in [2.24, 2.45) is 0 Å². The van der Waals surface area contributed by atoms with Gasteiger partial charge in [0.1, 0.15) is 11.7 Å². The van der Waals surface area contributed by atoms with E-state index in [1.54, 1.807) is 45.0 Å². The highest BCUT2D eigenvalue weighted by molar-refractivity contribution is 6.30. The summed E-state index contributed by atoms with van der Waals surface area (Å²) in [5, 5.41) is 22.4. The fourth-order valence-electron chi connectivity index (χ4n) is 1.58. The highest BCUT2D eigenvalue weighted by Gasteiger charge is 2.25. The Morgan fingerprint density at radius 1 is 1.35 bits per heavy atom. The molecule has 5 nitrogen and oxygen atoms in total. The average molecular weight is 302 g/mol. The lowest BCUT2D eigenvalue weighted by Crippen LogP contribution is -2.44. The van der Waals surface area contributed by atoms with Gasteiger partial charge in [-0.1, -0.05) is 23.7 Å². The van der Waals surface area contributed by atoms with E-state index in [1.165, 1.54) is 0 Å². The quantitative estimate of drug-likeness (QED) is 0.797. The lowest BCUT2D eigenvalue weighted by Gasteiger charge is -2.25. The van der Waals surface area contributed by atoms with E-state index in [2.05, 4.69) is 5.32 Å². The van der Waals surface area contributed by atoms with E-state index in [1.807, 2.05) is 0 Å². The number of nitrogens with one attached hydrogen (secondary N) is 1. The second-order valence-corrected chi connectivity index (χ2v) is 5.87. The molecule has 112 valence electrons. The molecule has 0 aromatic heterocycles. The molecular formula is C14H20ClNO4. The first kappa shape index (κ1) is 16.8. The van der Waals surface area contributed by atoms with Crippen LogP contribution in [0, 0.1) is 0 Å². The smallest absolute Gasteiger partial charge is 0.408 e. The summed E-state index contributed by atoms with van der Waals surface area (Å²) in [6.45, 7) is 4.78. The Kier molecular flexibility index (Phi) is 5.80. The van der Waals surface area contributed by atoms with Crippen LogP contribution in [0.4, 0.5) is 4.79 Å². The molecule has 3 N–H and O–H groups in total. The van der Waals surface area contributed by atoms with Crippen LogP contribution >= 0.6 is 11.6 Å². The van der Waals surface area contributed by atoms with E-state index in [4.69, 9.17) is 16.3 Å². The van der Waals surface area contributed by atoms with Gasteiger partial charge in [0.25, 0.3) is 0 Å². The van der Waals surface area contributed by atoms with E-state index < -0.39 is 30.4 Å². The van der Waals surface area contributed by atoms with Crippen molar-refractivity contribution in [3.05, 3.63) is 34.9 Å². The molecule has 0 fully saturated rings. The average Bonchev–Trinajstić information content (AvgIpc) is 2.34. The molecule has 0 aliphatic carbocycles. The molecule has 0 aliphatic heterocycles. The van der Waals surface area contributed by atoms with Gasteiger partial charge in [-0.3, -0.25) is 0 Å². The second kappa shape index (κ2) is 6.92. The summed E-state index contributed by atoms with van der Waals surface area (Å²) in [6.07, 6.45) is -1.74. The molecule has 0 aliphatic rings. The number of carbonyl (C=O) groups is 1. The molecule has 0 spiro atoms. The van der Waals surface area contributed by atoms with E-state index in [9.17, 15) is 15.0 Å². The third kappa shape index (κ3) is 5.36. The first-order valence-corrected chi connectivity index (χ1v) is 6.64. The summed E-state index contributed by atoms with van der Waals surface area (Å²) < 4.78 is 5.08. The van der Waals surface area contributed by atoms with Crippen molar-refractivity contribution in [2.75, 3.05) is 6.61 Å². The van der Waals surface area contributed by atoms with Crippen LogP contribution in [0.15, 0.2) is 24.3 Å². The minimum absolute atomic E-state index is 0.414. The van der Waals surface area contributed by atoms with Gasteiger partial charge < -0.3 is 20.3 Å². The van der Waals surface area contributed by atoms with Gasteiger partial charge in [-0.15, -0.1) is 0 Å². The molecule has 6 heteroatoms. The predicted octanol–water partition coefficient (Wildman–Crippen LogP) is 2.26. The monoisotopic (exact) mass is 301 g/mol. The maximum Gasteiger partial charge on any atom is 0.408 e. The number of hydrogen-bond donors (Lipinski definition) is 3. The van der Waals surface area contributed by atoms with Gasteiger partial charge in [0.2, 0.25) is 0 Å². The van der Waals surface area contributed by atoms with Crippen molar-refractivity contribution in [2.45, 2.75) is 38.5 Å². The van der Waals surface area contributed by atoms with Crippen molar-refractivity contribution in [3.8, 4) is 0 Å². The largest absolute Gasteiger partial charge is 0.444 e. The van der Waals surface area contributed by atoms with Crippen LogP contribution in [0.1, 0.15) is 32.4 Å². The van der Waals surface area contributed by atoms with Crippen LogP contribution < -0.4 is 5.32 Å². The fourth-order valence-corrected chi connectivity index (χ4v) is 1.70. The Morgan fingerprint density at radius 2 is 1.90 bits per heavy atom. The maximum atomic E-state index is 11.6. The number of rotatable bonds is 4. The highest BCUT2D eigenvalue weighted by Crippen LogP contribution is 2.19. The van der Waals surface area contributed by atoms with E-state index in [0.29, 0.717) is 10.6 Å². The molecule has 0 radical (unpaired) electrons. The van der Waals surface area contributed by atoms with Crippen LogP contribution in [-0.2, 0) is 4.74 Å². The molecule has 1 aromatic rings. The Balaban J connectivity index is 2.70. The highest BCUT2D eigenvalue weighted by atomic mass is 35.5. The van der Waals surface area contributed by atoms with Gasteiger partial charge in [-0.05, 0) is 38.5 Å². The van der Waals surface area contributed by atoms with Crippen molar-refractivity contribution in [3.63, 3.8) is 0 Å². The van der Waals surface area contributed by atoms with Crippen LogP contribution in [-0.4, -0.2) is 34.6 Å². The Morgan fingerprint density at radius 3 is 2.35 bits per heavy atom. The summed E-state index contributed by atoms with van der Waals surface area (Å²) in [7, 11) is 0. The van der Waals surface area contributed by atoms with Gasteiger partial charge in [-0.2, -0.15) is 0 Å². The lowest BCUT2D eigenvalue weighted by atomic mass is 10.0. The molecule has 20 heavy (non-hydrogen) atoms. The molecule has 0 saturated carbocycles. The van der Waals surface area contributed by atoms with Crippen molar-refractivity contribution in [1.82, 2.24) is 5.32 Å². The normalized spacial score (nSPS) is 14.5. The van der Waals surface area contributed by atoms with E-state index >= 15 is 0 Å². The summed E-state index contributed by atoms with van der Waals surface area (Å²) >= 11 is 5.77. The standard InChI is InChI=1S/C14H20ClNO4/c1-14(2,3)20-13(19)16-11(8-17)12(18)9-4-6-10(15)7-5-9/h4-7,11-12,17-18H,8H2,1-3H3,(H,16,19)/t11-,12-/m1/s1. The number of halogens is 1. The van der Waals surface area contributed by atoms with Gasteiger partial charge in [0.05, 0.1) is 12.6 Å². The van der Waals surface area contributed by atoms with E-state index in [-0.39, 0.29) is 0 Å². The second-order valence-electron chi connectivity index (χ2n) is 5.43. The number of aliphatic hydroxyl groups is 2. The number of hydrogen-bond acceptors (Lipinski definition) is 4. The minimum Gasteiger partial charge on any atom is -0.444 e. The first-order chi connectivity index (χ1) is 9.23. The van der Waals surface area contributed by atoms with Crippen LogP contribution in [0.3, 0.4) is 0 Å². The Labute approximate surface area is 123 Å². The molecule has 1 amide bonds. The molecule has 2 atom stereocenters. The van der Waals surface area contributed by atoms with Crippen LogP contribution in [0.5, 0.6) is 0 Å². The molecule has 1 rings (SSSR count). The van der Waals surface area contributed by atoms with Gasteiger partial charge in [0.15, 0.2) is 0 Å². The number of ether oxygens (including phenoxy) is 1. The lowest BCUT2D eigenvalue weighted by molar-refractivity contribution is 0.0350. The number of alkyl carbamates (subject to hydrolysis) is 1. The summed E-state index contributed by atoms with van der Waals surface area (Å²) in [5.74, 6) is 0. The molecule has 1 aromatic carbocycles. The first-order valence-electron chi connectivity index (χ1n) is 6.27. The fraction of sp³-hybridized carbons (Fsp3) is 0.500. The minimum atomic E-state index is -1.05. The zero-order valence-electron chi connectivity index (χ0n) is 11.8. The number of carbonyl (C=O) groups excluding carboxylic acids is 1. The summed E-state index contributed by atoms with van der Waals surface area (Å²) in [6, 6.07) is 5.66. The molecule has 0 unspecified atom stereocenters. The van der Waals surface area contributed by atoms with Crippen molar-refractivity contribution in [1.29, 1.82) is 0 Å². The Bertz CT molecular complexity index is 441. The Hall–Kier alpha value is -1.30. The molecule has 0 heterocycles. The summed E-state index contributed by atoms with van der Waals surface area (Å²) in [4.78, 5) is 11.6. The number of aliphatic hydroxyl groups excluding tert-OH is 2. The topological polar surface area (TPSA) is 78.8 Å². The van der Waals surface area contributed by atoms with Crippen LogP contribution in [0.25, 0.3) is 0 Å². The van der Waals surface area contributed by atoms with Gasteiger partial charge >= 0.3 is 6.09 Å². The number of amides is 1. The van der Waals surface area contributed by atoms with Crippen LogP contribution in [0.2, 0.25) is 5.02 Å². The number of benzene rings is 1.